The molecule has 0 atom stereocenters. The van der Waals surface area contributed by atoms with E-state index in [4.69, 9.17) is 4.74 Å². The number of amides is 2. The highest BCUT2D eigenvalue weighted by atomic mass is 16.5. The number of ether oxygens (including phenoxy) is 1. The molecule has 0 aliphatic rings. The summed E-state index contributed by atoms with van der Waals surface area (Å²) in [6.07, 6.45) is 0.842. The van der Waals surface area contributed by atoms with Crippen LogP contribution in [0.1, 0.15) is 42.6 Å². The number of hydrogen-bond acceptors (Lipinski definition) is 4. The van der Waals surface area contributed by atoms with Gasteiger partial charge in [-0.1, -0.05) is 12.1 Å². The predicted octanol–water partition coefficient (Wildman–Crippen LogP) is 1.40. The van der Waals surface area contributed by atoms with Gasteiger partial charge in [-0.05, 0) is 31.0 Å². The summed E-state index contributed by atoms with van der Waals surface area (Å²) in [7, 11) is 0. The van der Waals surface area contributed by atoms with Gasteiger partial charge < -0.3 is 15.4 Å². The van der Waals surface area contributed by atoms with E-state index in [9.17, 15) is 14.4 Å². The van der Waals surface area contributed by atoms with Crippen LogP contribution in [0.2, 0.25) is 0 Å². The molecule has 0 fully saturated rings. The van der Waals surface area contributed by atoms with Crippen LogP contribution in [0, 0.1) is 0 Å². The minimum Gasteiger partial charge on any atom is -0.466 e. The van der Waals surface area contributed by atoms with Crippen molar-refractivity contribution in [2.24, 2.45) is 0 Å². The highest BCUT2D eigenvalue weighted by Crippen LogP contribution is 2.04. The molecule has 6 heteroatoms. The average Bonchev–Trinajstić information content (AvgIpc) is 2.50. The Morgan fingerprint density at radius 2 is 1.77 bits per heavy atom. The highest BCUT2D eigenvalue weighted by Gasteiger charge is 2.06. The molecule has 0 heterocycles. The van der Waals surface area contributed by atoms with Gasteiger partial charge in [0.1, 0.15) is 0 Å². The molecule has 1 aromatic carbocycles. The lowest BCUT2D eigenvalue weighted by atomic mass is 10.1. The van der Waals surface area contributed by atoms with Gasteiger partial charge in [0, 0.05) is 32.0 Å². The first-order valence-corrected chi connectivity index (χ1v) is 7.30. The van der Waals surface area contributed by atoms with E-state index in [1.54, 1.807) is 31.2 Å². The summed E-state index contributed by atoms with van der Waals surface area (Å²) in [5.41, 5.74) is 1.47. The summed E-state index contributed by atoms with van der Waals surface area (Å²) in [5.74, 6) is -0.530. The molecule has 0 saturated heterocycles. The largest absolute Gasteiger partial charge is 0.466 e. The zero-order valence-corrected chi connectivity index (χ0v) is 13.0. The molecule has 0 bridgehead atoms. The first-order chi connectivity index (χ1) is 10.5. The lowest BCUT2D eigenvalue weighted by Gasteiger charge is -2.07. The normalized spacial score (nSPS) is 9.91. The third kappa shape index (κ3) is 6.88. The molecule has 0 aromatic heterocycles. The molecule has 0 radical (unpaired) electrons. The Balaban J connectivity index is 2.33. The smallest absolute Gasteiger partial charge is 0.305 e. The van der Waals surface area contributed by atoms with Gasteiger partial charge in [0.2, 0.25) is 5.91 Å². The van der Waals surface area contributed by atoms with E-state index in [2.05, 4.69) is 10.6 Å². The summed E-state index contributed by atoms with van der Waals surface area (Å²) < 4.78 is 4.80. The van der Waals surface area contributed by atoms with E-state index in [0.29, 0.717) is 38.1 Å². The minimum atomic E-state index is -0.251. The van der Waals surface area contributed by atoms with Crippen LogP contribution in [0.3, 0.4) is 0 Å². The van der Waals surface area contributed by atoms with Crippen molar-refractivity contribution >= 4 is 17.8 Å². The van der Waals surface area contributed by atoms with Crippen LogP contribution < -0.4 is 10.6 Å². The first-order valence-electron chi connectivity index (χ1n) is 7.30. The van der Waals surface area contributed by atoms with Gasteiger partial charge in [-0.3, -0.25) is 14.4 Å². The number of hydrogen-bond donors (Lipinski definition) is 2. The van der Waals surface area contributed by atoms with Gasteiger partial charge >= 0.3 is 5.97 Å². The third-order valence-electron chi connectivity index (χ3n) is 2.91. The van der Waals surface area contributed by atoms with Gasteiger partial charge in [0.25, 0.3) is 5.91 Å². The van der Waals surface area contributed by atoms with Crippen LogP contribution in [0.5, 0.6) is 0 Å². The van der Waals surface area contributed by atoms with Crippen molar-refractivity contribution in [1.82, 2.24) is 10.6 Å². The van der Waals surface area contributed by atoms with E-state index in [1.165, 1.54) is 6.92 Å². The van der Waals surface area contributed by atoms with Crippen molar-refractivity contribution in [3.8, 4) is 0 Å². The number of carbonyl (C=O) groups excluding carboxylic acids is 3. The Kier molecular flexibility index (Phi) is 7.67. The minimum absolute atomic E-state index is 0.0941. The molecule has 2 N–H and O–H groups in total. The Morgan fingerprint density at radius 1 is 1.09 bits per heavy atom. The molecule has 2 amide bonds. The quantitative estimate of drug-likeness (QED) is 0.561. The molecular weight excluding hydrogens is 284 g/mol. The summed E-state index contributed by atoms with van der Waals surface area (Å²) >= 11 is 0. The summed E-state index contributed by atoms with van der Waals surface area (Å²) in [6.45, 7) is 4.45. The fraction of sp³-hybridized carbons (Fsp3) is 0.438. The molecule has 0 spiro atoms. The van der Waals surface area contributed by atoms with Gasteiger partial charge in [0.15, 0.2) is 0 Å². The summed E-state index contributed by atoms with van der Waals surface area (Å²) in [4.78, 5) is 33.9. The molecule has 0 unspecified atom stereocenters. The third-order valence-corrected chi connectivity index (χ3v) is 2.91. The molecule has 1 aromatic rings. The maximum Gasteiger partial charge on any atom is 0.305 e. The monoisotopic (exact) mass is 306 g/mol. The number of benzene rings is 1. The van der Waals surface area contributed by atoms with Crippen LogP contribution >= 0.6 is 0 Å². The Morgan fingerprint density at radius 3 is 2.36 bits per heavy atom. The predicted molar refractivity (Wildman–Crippen MR) is 82.2 cm³/mol. The van der Waals surface area contributed by atoms with Crippen LogP contribution in [0.4, 0.5) is 0 Å². The number of carbonyl (C=O) groups is 3. The van der Waals surface area contributed by atoms with Crippen molar-refractivity contribution in [3.05, 3.63) is 35.4 Å². The number of rotatable bonds is 8. The Hall–Kier alpha value is -2.37. The van der Waals surface area contributed by atoms with E-state index >= 15 is 0 Å². The second-order valence-electron chi connectivity index (χ2n) is 4.77. The van der Waals surface area contributed by atoms with Crippen molar-refractivity contribution in [2.45, 2.75) is 33.2 Å². The van der Waals surface area contributed by atoms with Gasteiger partial charge in [0.05, 0.1) is 6.61 Å². The first kappa shape index (κ1) is 17.7. The molecule has 120 valence electrons. The number of nitrogens with one attached hydrogen (secondary N) is 2. The maximum absolute atomic E-state index is 11.9. The second-order valence-corrected chi connectivity index (χ2v) is 4.77. The lowest BCUT2D eigenvalue weighted by molar-refractivity contribution is -0.143. The molecule has 0 aliphatic heterocycles. The van der Waals surface area contributed by atoms with Gasteiger partial charge in [-0.25, -0.2) is 0 Å². The van der Waals surface area contributed by atoms with Gasteiger partial charge in [-0.15, -0.1) is 0 Å². The zero-order chi connectivity index (χ0) is 16.4. The molecule has 1 rings (SSSR count). The van der Waals surface area contributed by atoms with Crippen LogP contribution in [-0.2, 0) is 20.9 Å². The van der Waals surface area contributed by atoms with Crippen LogP contribution in [0.25, 0.3) is 0 Å². The van der Waals surface area contributed by atoms with Crippen molar-refractivity contribution in [1.29, 1.82) is 0 Å². The summed E-state index contributed by atoms with van der Waals surface area (Å²) in [5, 5.41) is 5.44. The van der Waals surface area contributed by atoms with E-state index in [0.717, 1.165) is 5.56 Å². The summed E-state index contributed by atoms with van der Waals surface area (Å²) in [6, 6.07) is 7.00. The SMILES string of the molecule is CCOC(=O)CCCNC(=O)c1ccc(CNC(C)=O)cc1. The van der Waals surface area contributed by atoms with Crippen molar-refractivity contribution in [2.75, 3.05) is 13.2 Å². The fourth-order valence-corrected chi connectivity index (χ4v) is 1.77. The maximum atomic E-state index is 11.9. The topological polar surface area (TPSA) is 84.5 Å². The zero-order valence-electron chi connectivity index (χ0n) is 13.0. The average molecular weight is 306 g/mol. The van der Waals surface area contributed by atoms with Crippen molar-refractivity contribution < 1.29 is 19.1 Å². The van der Waals surface area contributed by atoms with E-state index < -0.39 is 0 Å². The molecular formula is C16H22N2O4. The second kappa shape index (κ2) is 9.55. The van der Waals surface area contributed by atoms with E-state index in [1.807, 2.05) is 0 Å². The molecule has 0 aliphatic carbocycles. The van der Waals surface area contributed by atoms with E-state index in [-0.39, 0.29) is 17.8 Å². The Bertz CT molecular complexity index is 511. The molecule has 22 heavy (non-hydrogen) atoms. The fourth-order valence-electron chi connectivity index (χ4n) is 1.77. The molecule has 0 saturated carbocycles. The standard InChI is InChI=1S/C16H22N2O4/c1-3-22-15(20)5-4-10-17-16(21)14-8-6-13(7-9-14)11-18-12(2)19/h6-9H,3-5,10-11H2,1-2H3,(H,17,21)(H,18,19). The number of esters is 1. The van der Waals surface area contributed by atoms with Crippen LogP contribution in [0.15, 0.2) is 24.3 Å². The molecule has 6 nitrogen and oxygen atoms in total. The lowest BCUT2D eigenvalue weighted by Crippen LogP contribution is -2.25. The van der Waals surface area contributed by atoms with Crippen molar-refractivity contribution in [3.63, 3.8) is 0 Å². The van der Waals surface area contributed by atoms with Gasteiger partial charge in [-0.2, -0.15) is 0 Å². The highest BCUT2D eigenvalue weighted by molar-refractivity contribution is 5.94. The van der Waals surface area contributed by atoms with Crippen LogP contribution in [-0.4, -0.2) is 30.9 Å². The Labute approximate surface area is 130 Å².